The number of aromatic nitrogens is 1. The summed E-state index contributed by atoms with van der Waals surface area (Å²) in [5, 5.41) is 0.828. The Morgan fingerprint density at radius 1 is 1.00 bits per heavy atom. The third-order valence-corrected chi connectivity index (χ3v) is 4.90. The van der Waals surface area contributed by atoms with Crippen LogP contribution in [0.3, 0.4) is 0 Å². The number of hydrogen-bond acceptors (Lipinski definition) is 2. The molecule has 0 aliphatic heterocycles. The summed E-state index contributed by atoms with van der Waals surface area (Å²) in [5.41, 5.74) is 3.29. The van der Waals surface area contributed by atoms with Crippen molar-refractivity contribution in [1.82, 2.24) is 9.47 Å². The molecule has 4 heteroatoms. The number of carbonyl (C=O) groups is 2. The lowest BCUT2D eigenvalue weighted by molar-refractivity contribution is -0.128. The van der Waals surface area contributed by atoms with Gasteiger partial charge in [0.15, 0.2) is 0 Å². The van der Waals surface area contributed by atoms with Gasteiger partial charge in [-0.1, -0.05) is 48.5 Å². The Bertz CT molecular complexity index is 955. The van der Waals surface area contributed by atoms with Gasteiger partial charge in [0.25, 0.3) is 11.7 Å². The fourth-order valence-electron chi connectivity index (χ4n) is 3.31. The second kappa shape index (κ2) is 7.16. The number of fused-ring (bicyclic) bond motifs is 1. The van der Waals surface area contributed by atoms with Crippen molar-refractivity contribution in [1.29, 1.82) is 0 Å². The summed E-state index contributed by atoms with van der Waals surface area (Å²) < 4.78 is 1.97. The van der Waals surface area contributed by atoms with Crippen LogP contribution in [0.1, 0.15) is 35.5 Å². The van der Waals surface area contributed by atoms with E-state index in [0.717, 1.165) is 22.2 Å². The highest BCUT2D eigenvalue weighted by atomic mass is 16.2. The molecule has 3 rings (SSSR count). The number of rotatable bonds is 5. The van der Waals surface area contributed by atoms with Crippen LogP contribution in [0, 0.1) is 6.92 Å². The molecule has 0 N–H and O–H groups in total. The van der Waals surface area contributed by atoms with Crippen LogP contribution in [0.2, 0.25) is 0 Å². The molecule has 4 nitrogen and oxygen atoms in total. The Morgan fingerprint density at radius 2 is 1.62 bits per heavy atom. The van der Waals surface area contributed by atoms with E-state index in [1.807, 2.05) is 87.0 Å². The van der Waals surface area contributed by atoms with E-state index in [9.17, 15) is 9.59 Å². The smallest absolute Gasteiger partial charge is 0.295 e. The summed E-state index contributed by atoms with van der Waals surface area (Å²) in [6.07, 6.45) is 0. The Labute approximate surface area is 154 Å². The molecular formula is C22H24N2O2. The van der Waals surface area contributed by atoms with Crippen molar-refractivity contribution in [2.24, 2.45) is 7.05 Å². The molecule has 1 amide bonds. The molecule has 0 fully saturated rings. The molecule has 0 atom stereocenters. The topological polar surface area (TPSA) is 42.3 Å². The van der Waals surface area contributed by atoms with Crippen LogP contribution >= 0.6 is 0 Å². The van der Waals surface area contributed by atoms with E-state index < -0.39 is 11.7 Å². The minimum Gasteiger partial charge on any atom is -0.347 e. The van der Waals surface area contributed by atoms with Crippen molar-refractivity contribution in [3.8, 4) is 0 Å². The number of hydrogen-bond donors (Lipinski definition) is 0. The number of carbonyl (C=O) groups excluding carboxylic acids is 2. The number of para-hydroxylation sites is 1. The van der Waals surface area contributed by atoms with Gasteiger partial charge in [0, 0.05) is 36.2 Å². The van der Waals surface area contributed by atoms with Crippen molar-refractivity contribution in [3.05, 3.63) is 71.4 Å². The normalized spacial score (nSPS) is 11.1. The van der Waals surface area contributed by atoms with Gasteiger partial charge in [-0.25, -0.2) is 0 Å². The van der Waals surface area contributed by atoms with E-state index in [2.05, 4.69) is 0 Å². The maximum Gasteiger partial charge on any atom is 0.295 e. The minimum absolute atomic E-state index is 0.0676. The van der Waals surface area contributed by atoms with Crippen LogP contribution in [0.15, 0.2) is 54.6 Å². The fraction of sp³-hybridized carbons (Fsp3) is 0.273. The molecule has 2 aromatic carbocycles. The summed E-state index contributed by atoms with van der Waals surface area (Å²) in [4.78, 5) is 27.8. The molecule has 0 saturated carbocycles. The van der Waals surface area contributed by atoms with Crippen molar-refractivity contribution < 1.29 is 9.59 Å². The Kier molecular flexibility index (Phi) is 4.94. The first-order chi connectivity index (χ1) is 12.4. The quantitative estimate of drug-likeness (QED) is 0.514. The average molecular weight is 348 g/mol. The van der Waals surface area contributed by atoms with Crippen LogP contribution in [0.4, 0.5) is 0 Å². The van der Waals surface area contributed by atoms with E-state index >= 15 is 0 Å². The third-order valence-electron chi connectivity index (χ3n) is 4.90. The lowest BCUT2D eigenvalue weighted by Crippen LogP contribution is -2.41. The zero-order valence-electron chi connectivity index (χ0n) is 15.7. The van der Waals surface area contributed by atoms with E-state index in [1.54, 1.807) is 4.90 Å². The fourth-order valence-corrected chi connectivity index (χ4v) is 3.31. The molecule has 26 heavy (non-hydrogen) atoms. The zero-order valence-corrected chi connectivity index (χ0v) is 15.7. The number of amides is 1. The zero-order chi connectivity index (χ0) is 18.8. The van der Waals surface area contributed by atoms with E-state index in [-0.39, 0.29) is 6.04 Å². The standard InChI is InChI=1S/C22H24N2O2/c1-15(2)24(14-17-10-6-5-7-11-17)22(26)21(25)20-16(3)23(4)19-13-9-8-12-18(19)20/h5-13,15H,14H2,1-4H3. The highest BCUT2D eigenvalue weighted by Crippen LogP contribution is 2.26. The van der Waals surface area contributed by atoms with Gasteiger partial charge in [-0.3, -0.25) is 9.59 Å². The van der Waals surface area contributed by atoms with Crippen LogP contribution in [-0.4, -0.2) is 27.2 Å². The Balaban J connectivity index is 1.98. The molecule has 0 radical (unpaired) electrons. The number of aryl methyl sites for hydroxylation is 1. The molecule has 1 aromatic heterocycles. The molecular weight excluding hydrogens is 324 g/mol. The molecule has 0 aliphatic rings. The first-order valence-corrected chi connectivity index (χ1v) is 8.85. The van der Waals surface area contributed by atoms with Gasteiger partial charge in [0.1, 0.15) is 0 Å². The second-order valence-corrected chi connectivity index (χ2v) is 6.88. The molecule has 134 valence electrons. The van der Waals surface area contributed by atoms with Crippen LogP contribution in [0.5, 0.6) is 0 Å². The highest BCUT2D eigenvalue weighted by Gasteiger charge is 2.29. The number of nitrogens with zero attached hydrogens (tertiary/aromatic N) is 2. The van der Waals surface area contributed by atoms with Crippen LogP contribution in [0.25, 0.3) is 10.9 Å². The minimum atomic E-state index is -0.455. The average Bonchev–Trinajstić information content (AvgIpc) is 2.90. The maximum absolute atomic E-state index is 13.1. The van der Waals surface area contributed by atoms with Gasteiger partial charge < -0.3 is 9.47 Å². The first-order valence-electron chi connectivity index (χ1n) is 8.85. The van der Waals surface area contributed by atoms with Gasteiger partial charge in [-0.2, -0.15) is 0 Å². The largest absolute Gasteiger partial charge is 0.347 e. The van der Waals surface area contributed by atoms with Crippen molar-refractivity contribution in [2.75, 3.05) is 0 Å². The molecule has 0 aliphatic carbocycles. The molecule has 0 bridgehead atoms. The summed E-state index contributed by atoms with van der Waals surface area (Å²) in [6.45, 7) is 6.18. The lowest BCUT2D eigenvalue weighted by atomic mass is 10.0. The van der Waals surface area contributed by atoms with Crippen LogP contribution < -0.4 is 0 Å². The molecule has 0 spiro atoms. The molecule has 0 unspecified atom stereocenters. The number of ketones is 1. The molecule has 1 heterocycles. The van der Waals surface area contributed by atoms with Crippen molar-refractivity contribution in [2.45, 2.75) is 33.4 Å². The van der Waals surface area contributed by atoms with E-state index in [0.29, 0.717) is 12.1 Å². The van der Waals surface area contributed by atoms with Gasteiger partial charge in [0.05, 0.1) is 5.56 Å². The van der Waals surface area contributed by atoms with Gasteiger partial charge in [-0.15, -0.1) is 0 Å². The highest BCUT2D eigenvalue weighted by molar-refractivity contribution is 6.45. The number of Topliss-reactive ketones (excluding diaryl/α,β-unsaturated/α-hetero) is 1. The maximum atomic E-state index is 13.1. The monoisotopic (exact) mass is 348 g/mol. The predicted molar refractivity (Wildman–Crippen MR) is 104 cm³/mol. The Morgan fingerprint density at radius 3 is 2.27 bits per heavy atom. The summed E-state index contributed by atoms with van der Waals surface area (Å²) in [6, 6.07) is 17.4. The van der Waals surface area contributed by atoms with E-state index in [1.165, 1.54) is 0 Å². The SMILES string of the molecule is Cc1c(C(=O)C(=O)N(Cc2ccccc2)C(C)C)c2ccccc2n1C. The van der Waals surface area contributed by atoms with Crippen molar-refractivity contribution in [3.63, 3.8) is 0 Å². The lowest BCUT2D eigenvalue weighted by Gasteiger charge is -2.26. The van der Waals surface area contributed by atoms with Gasteiger partial charge in [-0.05, 0) is 32.4 Å². The first kappa shape index (κ1) is 17.9. The second-order valence-electron chi connectivity index (χ2n) is 6.88. The Hall–Kier alpha value is -2.88. The van der Waals surface area contributed by atoms with Crippen molar-refractivity contribution >= 4 is 22.6 Å². The summed E-state index contributed by atoms with van der Waals surface area (Å²) in [7, 11) is 1.92. The molecule has 0 saturated heterocycles. The van der Waals surface area contributed by atoms with Gasteiger partial charge in [0.2, 0.25) is 0 Å². The van der Waals surface area contributed by atoms with Crippen LogP contribution in [-0.2, 0) is 18.4 Å². The predicted octanol–water partition coefficient (Wildman–Crippen LogP) is 4.11. The molecule has 3 aromatic rings. The number of benzene rings is 2. The summed E-state index contributed by atoms with van der Waals surface area (Å²) in [5.74, 6) is -0.896. The third kappa shape index (κ3) is 3.15. The van der Waals surface area contributed by atoms with Gasteiger partial charge >= 0.3 is 0 Å². The summed E-state index contributed by atoms with van der Waals surface area (Å²) >= 11 is 0. The van der Waals surface area contributed by atoms with E-state index in [4.69, 9.17) is 0 Å².